The summed E-state index contributed by atoms with van der Waals surface area (Å²) in [5.41, 5.74) is 1.08. The number of piperidine rings is 1. The molecule has 1 aromatic rings. The lowest BCUT2D eigenvalue weighted by Gasteiger charge is -2.36. The highest BCUT2D eigenvalue weighted by Crippen LogP contribution is 2.25. The lowest BCUT2D eigenvalue weighted by Crippen LogP contribution is -2.51. The quantitative estimate of drug-likeness (QED) is 0.836. The third-order valence-corrected chi connectivity index (χ3v) is 4.60. The van der Waals surface area contributed by atoms with Crippen LogP contribution in [0.3, 0.4) is 0 Å². The molecule has 2 aliphatic rings. The van der Waals surface area contributed by atoms with Crippen molar-refractivity contribution in [1.82, 2.24) is 20.1 Å². The number of nitrogens with one attached hydrogen (secondary N) is 1. The van der Waals surface area contributed by atoms with Gasteiger partial charge in [0.15, 0.2) is 0 Å². The molecule has 126 valence electrons. The summed E-state index contributed by atoms with van der Waals surface area (Å²) in [7, 11) is 3.30. The molecule has 2 fully saturated rings. The first-order chi connectivity index (χ1) is 11.2. The molecule has 0 bridgehead atoms. The number of hydrogen-bond donors (Lipinski definition) is 1. The van der Waals surface area contributed by atoms with Crippen molar-refractivity contribution < 1.29 is 14.3 Å². The average Bonchev–Trinajstić information content (AvgIpc) is 2.88. The van der Waals surface area contributed by atoms with Crippen LogP contribution >= 0.6 is 0 Å². The van der Waals surface area contributed by atoms with Gasteiger partial charge in [0.1, 0.15) is 0 Å². The summed E-state index contributed by atoms with van der Waals surface area (Å²) < 4.78 is 10.4. The maximum absolute atomic E-state index is 12.1. The lowest BCUT2D eigenvalue weighted by molar-refractivity contribution is 0.110. The zero-order valence-corrected chi connectivity index (χ0v) is 13.7. The SMILES string of the molecule is COCCN1C(=O)N[C@@H]2CN(Cc3cccnc3OC)CC[C@@H]21. The Morgan fingerprint density at radius 1 is 1.43 bits per heavy atom. The number of likely N-dealkylation sites (tertiary alicyclic amines) is 1. The molecule has 3 rings (SSSR count). The maximum atomic E-state index is 12.1. The van der Waals surface area contributed by atoms with Crippen LogP contribution < -0.4 is 10.1 Å². The van der Waals surface area contributed by atoms with E-state index in [4.69, 9.17) is 9.47 Å². The Morgan fingerprint density at radius 2 is 2.30 bits per heavy atom. The molecule has 0 unspecified atom stereocenters. The molecular weight excluding hydrogens is 296 g/mol. The molecule has 2 atom stereocenters. The predicted molar refractivity (Wildman–Crippen MR) is 85.4 cm³/mol. The average molecular weight is 320 g/mol. The third-order valence-electron chi connectivity index (χ3n) is 4.60. The number of rotatable bonds is 6. The van der Waals surface area contributed by atoms with E-state index < -0.39 is 0 Å². The molecule has 0 spiro atoms. The van der Waals surface area contributed by atoms with Gasteiger partial charge in [-0.3, -0.25) is 4.90 Å². The highest BCUT2D eigenvalue weighted by Gasteiger charge is 2.42. The second-order valence-electron chi connectivity index (χ2n) is 6.01. The van der Waals surface area contributed by atoms with Gasteiger partial charge in [0.2, 0.25) is 5.88 Å². The van der Waals surface area contributed by atoms with Crippen LogP contribution in [0.5, 0.6) is 5.88 Å². The summed E-state index contributed by atoms with van der Waals surface area (Å²) in [6, 6.07) is 4.43. The molecule has 2 saturated heterocycles. The normalized spacial score (nSPS) is 24.4. The van der Waals surface area contributed by atoms with Gasteiger partial charge in [-0.15, -0.1) is 0 Å². The molecule has 2 amide bonds. The Hall–Kier alpha value is -1.86. The van der Waals surface area contributed by atoms with Gasteiger partial charge in [-0.25, -0.2) is 9.78 Å². The molecule has 0 aliphatic carbocycles. The van der Waals surface area contributed by atoms with Crippen molar-refractivity contribution in [3.05, 3.63) is 23.9 Å². The van der Waals surface area contributed by atoms with Gasteiger partial charge in [-0.2, -0.15) is 0 Å². The number of amides is 2. The number of fused-ring (bicyclic) bond motifs is 1. The van der Waals surface area contributed by atoms with Crippen LogP contribution in [0, 0.1) is 0 Å². The second kappa shape index (κ2) is 7.14. The van der Waals surface area contributed by atoms with Gasteiger partial charge in [0, 0.05) is 45.0 Å². The van der Waals surface area contributed by atoms with Gasteiger partial charge in [-0.05, 0) is 12.5 Å². The molecule has 1 aromatic heterocycles. The molecule has 23 heavy (non-hydrogen) atoms. The molecule has 0 aromatic carbocycles. The van der Waals surface area contributed by atoms with Crippen LogP contribution in [0.15, 0.2) is 18.3 Å². The van der Waals surface area contributed by atoms with Crippen molar-refractivity contribution in [3.8, 4) is 5.88 Å². The van der Waals surface area contributed by atoms with Crippen molar-refractivity contribution in [2.24, 2.45) is 0 Å². The lowest BCUT2D eigenvalue weighted by atomic mass is 9.99. The molecule has 3 heterocycles. The molecule has 0 saturated carbocycles. The van der Waals surface area contributed by atoms with Crippen molar-refractivity contribution in [1.29, 1.82) is 0 Å². The minimum absolute atomic E-state index is 0.0258. The monoisotopic (exact) mass is 320 g/mol. The number of carbonyl (C=O) groups excluding carboxylic acids is 1. The molecule has 1 N–H and O–H groups in total. The van der Waals surface area contributed by atoms with E-state index in [1.807, 2.05) is 17.0 Å². The van der Waals surface area contributed by atoms with Crippen LogP contribution in [0.25, 0.3) is 0 Å². The molecule has 2 aliphatic heterocycles. The van der Waals surface area contributed by atoms with Gasteiger partial charge in [-0.1, -0.05) is 6.07 Å². The number of nitrogens with zero attached hydrogens (tertiary/aromatic N) is 3. The first kappa shape index (κ1) is 16.0. The van der Waals surface area contributed by atoms with Gasteiger partial charge in [0.25, 0.3) is 0 Å². The Morgan fingerprint density at radius 3 is 3.09 bits per heavy atom. The first-order valence-electron chi connectivity index (χ1n) is 7.99. The van der Waals surface area contributed by atoms with Crippen LogP contribution in [0.2, 0.25) is 0 Å². The first-order valence-corrected chi connectivity index (χ1v) is 7.99. The van der Waals surface area contributed by atoms with E-state index >= 15 is 0 Å². The van der Waals surface area contributed by atoms with E-state index in [9.17, 15) is 4.79 Å². The Labute approximate surface area is 136 Å². The number of pyridine rings is 1. The number of methoxy groups -OCH3 is 2. The maximum Gasteiger partial charge on any atom is 0.318 e. The van der Waals surface area contributed by atoms with Gasteiger partial charge in [0.05, 0.1) is 25.8 Å². The van der Waals surface area contributed by atoms with E-state index in [2.05, 4.69) is 15.2 Å². The van der Waals surface area contributed by atoms with Crippen molar-refractivity contribution in [2.75, 3.05) is 40.5 Å². The summed E-state index contributed by atoms with van der Waals surface area (Å²) in [6.45, 7) is 3.82. The third kappa shape index (κ3) is 3.40. The van der Waals surface area contributed by atoms with E-state index in [1.54, 1.807) is 20.4 Å². The smallest absolute Gasteiger partial charge is 0.318 e. The van der Waals surface area contributed by atoms with E-state index in [0.717, 1.165) is 31.6 Å². The molecule has 7 heteroatoms. The fourth-order valence-corrected chi connectivity index (χ4v) is 3.48. The van der Waals surface area contributed by atoms with Gasteiger partial charge >= 0.3 is 6.03 Å². The predicted octanol–water partition coefficient (Wildman–Crippen LogP) is 0.705. The largest absolute Gasteiger partial charge is 0.481 e. The highest BCUT2D eigenvalue weighted by molar-refractivity contribution is 5.77. The van der Waals surface area contributed by atoms with Crippen LogP contribution in [0.1, 0.15) is 12.0 Å². The molecule has 0 radical (unpaired) electrons. The van der Waals surface area contributed by atoms with Crippen LogP contribution in [0.4, 0.5) is 4.79 Å². The fourth-order valence-electron chi connectivity index (χ4n) is 3.48. The zero-order valence-electron chi connectivity index (χ0n) is 13.7. The topological polar surface area (TPSA) is 66.9 Å². The summed E-state index contributed by atoms with van der Waals surface area (Å²) >= 11 is 0. The Kier molecular flexibility index (Phi) is 4.97. The Bertz CT molecular complexity index is 554. The van der Waals surface area contributed by atoms with E-state index in [-0.39, 0.29) is 18.1 Å². The summed E-state index contributed by atoms with van der Waals surface area (Å²) in [6.07, 6.45) is 2.70. The summed E-state index contributed by atoms with van der Waals surface area (Å²) in [5, 5.41) is 3.10. The number of hydrogen-bond acceptors (Lipinski definition) is 5. The van der Waals surface area contributed by atoms with E-state index in [1.165, 1.54) is 0 Å². The van der Waals surface area contributed by atoms with E-state index in [0.29, 0.717) is 19.0 Å². The second-order valence-corrected chi connectivity index (χ2v) is 6.01. The van der Waals surface area contributed by atoms with Crippen LogP contribution in [-0.4, -0.2) is 73.4 Å². The highest BCUT2D eigenvalue weighted by atomic mass is 16.5. The minimum atomic E-state index is 0.0258. The zero-order chi connectivity index (χ0) is 16.2. The minimum Gasteiger partial charge on any atom is -0.481 e. The molecular formula is C16H24N4O3. The number of aromatic nitrogens is 1. The van der Waals surface area contributed by atoms with Crippen molar-refractivity contribution in [2.45, 2.75) is 25.0 Å². The summed E-state index contributed by atoms with van der Waals surface area (Å²) in [5.74, 6) is 0.673. The number of ether oxygens (including phenoxy) is 2. The van der Waals surface area contributed by atoms with Crippen molar-refractivity contribution in [3.63, 3.8) is 0 Å². The van der Waals surface area contributed by atoms with Crippen molar-refractivity contribution >= 4 is 6.03 Å². The Balaban J connectivity index is 1.62. The molecule has 7 nitrogen and oxygen atoms in total. The van der Waals surface area contributed by atoms with Crippen LogP contribution in [-0.2, 0) is 11.3 Å². The summed E-state index contributed by atoms with van der Waals surface area (Å²) in [4.78, 5) is 20.6. The van der Waals surface area contributed by atoms with Gasteiger partial charge < -0.3 is 19.7 Å². The number of carbonyl (C=O) groups is 1. The standard InChI is InChI=1S/C16H24N4O3/c1-22-9-8-20-14-5-7-19(11-13(14)18-16(20)21)10-12-4-3-6-17-15(12)23-2/h3-4,6,13-14H,5,7-11H2,1-2H3,(H,18,21)/t13-,14+/m1/s1. The number of urea groups is 1. The fraction of sp³-hybridized carbons (Fsp3) is 0.625.